The molecule has 7 nitrogen and oxygen atoms in total. The number of aryl methyl sites for hydroxylation is 3. The molecule has 1 amide bonds. The number of para-hydroxylation sites is 1. The molecule has 1 aliphatic rings. The van der Waals surface area contributed by atoms with Gasteiger partial charge in [-0.05, 0) is 61.9 Å². The molecule has 5 rings (SSSR count). The van der Waals surface area contributed by atoms with E-state index in [-0.39, 0.29) is 17.4 Å². The number of piperidine rings is 1. The van der Waals surface area contributed by atoms with Crippen LogP contribution in [0.1, 0.15) is 42.0 Å². The van der Waals surface area contributed by atoms with E-state index in [0.717, 1.165) is 41.6 Å². The molecule has 1 saturated heterocycles. The maximum Gasteiger partial charge on any atom is 0.295 e. The number of aromatic nitrogens is 3. The van der Waals surface area contributed by atoms with Crippen LogP contribution in [-0.4, -0.2) is 33.5 Å². The van der Waals surface area contributed by atoms with Gasteiger partial charge in [0, 0.05) is 25.0 Å². The van der Waals surface area contributed by atoms with E-state index in [2.05, 4.69) is 23.3 Å². The highest BCUT2D eigenvalue weighted by molar-refractivity contribution is 5.94. The van der Waals surface area contributed by atoms with Gasteiger partial charge in [0.2, 0.25) is 5.91 Å². The number of pyridine rings is 1. The summed E-state index contributed by atoms with van der Waals surface area (Å²) in [7, 11) is 0. The lowest BCUT2D eigenvalue weighted by atomic mass is 9.96. The second-order valence-corrected chi connectivity index (χ2v) is 9.90. The molecule has 0 spiro atoms. The number of anilines is 2. The Labute approximate surface area is 217 Å². The number of hydrogen-bond donors (Lipinski definition) is 1. The molecule has 37 heavy (non-hydrogen) atoms. The van der Waals surface area contributed by atoms with Crippen molar-refractivity contribution in [2.24, 2.45) is 5.92 Å². The van der Waals surface area contributed by atoms with Crippen molar-refractivity contribution in [3.63, 3.8) is 0 Å². The average molecular weight is 496 g/mol. The minimum atomic E-state index is -0.227. The van der Waals surface area contributed by atoms with E-state index in [1.807, 2.05) is 67.3 Å². The van der Waals surface area contributed by atoms with Crippen molar-refractivity contribution in [1.29, 1.82) is 0 Å². The summed E-state index contributed by atoms with van der Waals surface area (Å²) >= 11 is 0. The molecule has 1 N–H and O–H groups in total. The number of nitrogens with zero attached hydrogens (tertiary/aromatic N) is 4. The van der Waals surface area contributed by atoms with Gasteiger partial charge in [-0.2, -0.15) is 0 Å². The molecule has 2 aromatic carbocycles. The summed E-state index contributed by atoms with van der Waals surface area (Å²) in [6.45, 7) is 7.71. The number of carbonyl (C=O) groups is 1. The Morgan fingerprint density at radius 3 is 2.68 bits per heavy atom. The van der Waals surface area contributed by atoms with Crippen LogP contribution in [0.25, 0.3) is 11.2 Å². The quantitative estimate of drug-likeness (QED) is 0.413. The molecule has 0 radical (unpaired) electrons. The molecule has 7 heteroatoms. The standard InChI is InChI=1S/C30H33N5O2/c1-4-23-9-5-8-21(3)26(23)33-29(36)24-10-7-17-34(19-24)28-30(37)35(18-22-14-12-20(2)13-15-22)27-25(32-28)11-6-16-31-27/h5-6,8-9,11-16,24H,4,7,10,17-19H2,1-3H3,(H,33,36)/t24-/m0/s1. The van der Waals surface area contributed by atoms with E-state index >= 15 is 0 Å². The summed E-state index contributed by atoms with van der Waals surface area (Å²) in [4.78, 5) is 38.3. The fraction of sp³-hybridized carbons (Fsp3) is 0.333. The molecule has 2 aromatic heterocycles. The van der Waals surface area contributed by atoms with Gasteiger partial charge in [0.25, 0.3) is 5.56 Å². The largest absolute Gasteiger partial charge is 0.351 e. The number of fused-ring (bicyclic) bond motifs is 1. The van der Waals surface area contributed by atoms with Crippen LogP contribution in [0, 0.1) is 19.8 Å². The van der Waals surface area contributed by atoms with Gasteiger partial charge in [-0.15, -0.1) is 0 Å². The Hall–Kier alpha value is -4.00. The number of rotatable bonds is 6. The summed E-state index contributed by atoms with van der Waals surface area (Å²) in [5.74, 6) is 0.154. The maximum absolute atomic E-state index is 13.8. The lowest BCUT2D eigenvalue weighted by Gasteiger charge is -2.33. The molecular weight excluding hydrogens is 462 g/mol. The predicted molar refractivity (Wildman–Crippen MR) is 148 cm³/mol. The first kappa shape index (κ1) is 24.7. The van der Waals surface area contributed by atoms with Crippen LogP contribution in [0.5, 0.6) is 0 Å². The molecule has 4 aromatic rings. The van der Waals surface area contributed by atoms with E-state index < -0.39 is 0 Å². The van der Waals surface area contributed by atoms with Gasteiger partial charge in [-0.3, -0.25) is 14.2 Å². The summed E-state index contributed by atoms with van der Waals surface area (Å²) in [5.41, 5.74) is 6.34. The number of carbonyl (C=O) groups excluding carboxylic acids is 1. The monoisotopic (exact) mass is 495 g/mol. The number of nitrogens with one attached hydrogen (secondary N) is 1. The number of hydrogen-bond acceptors (Lipinski definition) is 5. The molecule has 1 fully saturated rings. The summed E-state index contributed by atoms with van der Waals surface area (Å²) in [6.07, 6.45) is 4.13. The molecule has 0 saturated carbocycles. The number of benzene rings is 2. The van der Waals surface area contributed by atoms with Crippen molar-refractivity contribution >= 4 is 28.6 Å². The van der Waals surface area contributed by atoms with Crippen molar-refractivity contribution in [3.05, 3.63) is 93.4 Å². The molecule has 0 unspecified atom stereocenters. The van der Waals surface area contributed by atoms with E-state index in [0.29, 0.717) is 36.6 Å². The Bertz CT molecular complexity index is 1490. The summed E-state index contributed by atoms with van der Waals surface area (Å²) in [6, 6.07) is 18.0. The van der Waals surface area contributed by atoms with Gasteiger partial charge in [0.15, 0.2) is 11.5 Å². The van der Waals surface area contributed by atoms with Gasteiger partial charge in [-0.25, -0.2) is 9.97 Å². The van der Waals surface area contributed by atoms with Crippen molar-refractivity contribution in [3.8, 4) is 0 Å². The Morgan fingerprint density at radius 2 is 1.89 bits per heavy atom. The molecule has 3 heterocycles. The maximum atomic E-state index is 13.8. The van der Waals surface area contributed by atoms with E-state index in [4.69, 9.17) is 4.98 Å². The van der Waals surface area contributed by atoms with Gasteiger partial charge < -0.3 is 10.2 Å². The summed E-state index contributed by atoms with van der Waals surface area (Å²) in [5, 5.41) is 3.18. The van der Waals surface area contributed by atoms with E-state index in [1.165, 1.54) is 5.56 Å². The SMILES string of the molecule is CCc1cccc(C)c1NC(=O)[C@H]1CCCN(c2nc3cccnc3n(Cc3ccc(C)cc3)c2=O)C1. The van der Waals surface area contributed by atoms with Crippen molar-refractivity contribution < 1.29 is 4.79 Å². The van der Waals surface area contributed by atoms with Gasteiger partial charge >= 0.3 is 0 Å². The van der Waals surface area contributed by atoms with Crippen LogP contribution < -0.4 is 15.8 Å². The third-order valence-electron chi connectivity index (χ3n) is 7.23. The third-order valence-corrected chi connectivity index (χ3v) is 7.23. The smallest absolute Gasteiger partial charge is 0.295 e. The lowest BCUT2D eigenvalue weighted by molar-refractivity contribution is -0.120. The third kappa shape index (κ3) is 5.12. The van der Waals surface area contributed by atoms with Crippen LogP contribution in [0.3, 0.4) is 0 Å². The fourth-order valence-corrected chi connectivity index (χ4v) is 5.10. The molecule has 0 aliphatic carbocycles. The van der Waals surface area contributed by atoms with Crippen molar-refractivity contribution in [1.82, 2.24) is 14.5 Å². The van der Waals surface area contributed by atoms with Crippen LogP contribution in [0.2, 0.25) is 0 Å². The lowest BCUT2D eigenvalue weighted by Crippen LogP contribution is -2.44. The zero-order chi connectivity index (χ0) is 25.9. The average Bonchev–Trinajstić information content (AvgIpc) is 2.92. The van der Waals surface area contributed by atoms with Crippen LogP contribution in [-0.2, 0) is 17.8 Å². The highest BCUT2D eigenvalue weighted by Crippen LogP contribution is 2.26. The number of amides is 1. The first-order valence-corrected chi connectivity index (χ1v) is 13.0. The van der Waals surface area contributed by atoms with Crippen LogP contribution in [0.15, 0.2) is 65.6 Å². The first-order chi connectivity index (χ1) is 17.9. The predicted octanol–water partition coefficient (Wildman–Crippen LogP) is 4.87. The van der Waals surface area contributed by atoms with Gasteiger partial charge in [-0.1, -0.05) is 55.0 Å². The Kier molecular flexibility index (Phi) is 7.04. The molecule has 0 bridgehead atoms. The first-order valence-electron chi connectivity index (χ1n) is 13.0. The highest BCUT2D eigenvalue weighted by Gasteiger charge is 2.29. The second kappa shape index (κ2) is 10.5. The molecule has 190 valence electrons. The van der Waals surface area contributed by atoms with Crippen molar-refractivity contribution in [2.75, 3.05) is 23.3 Å². The Balaban J connectivity index is 1.45. The van der Waals surface area contributed by atoms with E-state index in [1.54, 1.807) is 10.8 Å². The molecule has 1 atom stereocenters. The van der Waals surface area contributed by atoms with Gasteiger partial charge in [0.05, 0.1) is 12.5 Å². The van der Waals surface area contributed by atoms with E-state index in [9.17, 15) is 9.59 Å². The van der Waals surface area contributed by atoms with Crippen LogP contribution in [0.4, 0.5) is 11.5 Å². The zero-order valence-electron chi connectivity index (χ0n) is 21.7. The van der Waals surface area contributed by atoms with Crippen molar-refractivity contribution in [2.45, 2.75) is 46.6 Å². The highest BCUT2D eigenvalue weighted by atomic mass is 16.2. The zero-order valence-corrected chi connectivity index (χ0v) is 21.7. The Morgan fingerprint density at radius 1 is 1.08 bits per heavy atom. The minimum absolute atomic E-state index is 0.00358. The summed E-state index contributed by atoms with van der Waals surface area (Å²) < 4.78 is 1.70. The molecular formula is C30H33N5O2. The molecule has 1 aliphatic heterocycles. The normalized spacial score (nSPS) is 15.6. The van der Waals surface area contributed by atoms with Gasteiger partial charge in [0.1, 0.15) is 5.52 Å². The second-order valence-electron chi connectivity index (χ2n) is 9.90. The van der Waals surface area contributed by atoms with Crippen LogP contribution >= 0.6 is 0 Å². The fourth-order valence-electron chi connectivity index (χ4n) is 5.10. The topological polar surface area (TPSA) is 80.1 Å². The minimum Gasteiger partial charge on any atom is -0.351 e.